The highest BCUT2D eigenvalue weighted by Gasteiger charge is 2.41. The molecule has 5 unspecified atom stereocenters. The molecule has 2 aliphatic rings. The van der Waals surface area contributed by atoms with Gasteiger partial charge in [0.05, 0.1) is 31.8 Å². The first kappa shape index (κ1) is 43.4. The van der Waals surface area contributed by atoms with Crippen LogP contribution in [-0.4, -0.2) is 50.8 Å². The van der Waals surface area contributed by atoms with Crippen LogP contribution in [0.15, 0.2) is 173 Å². The molecule has 7 aromatic rings. The minimum Gasteiger partial charge on any atom is -0.445 e. The van der Waals surface area contributed by atoms with Crippen LogP contribution in [-0.2, 0) is 43.6 Å². The molecule has 2 fully saturated rings. The second-order valence-electron chi connectivity index (χ2n) is 16.1. The van der Waals surface area contributed by atoms with Gasteiger partial charge < -0.3 is 29.1 Å². The number of rotatable bonds is 14. The molecule has 328 valence electrons. The van der Waals surface area contributed by atoms with Gasteiger partial charge in [0.15, 0.2) is 12.1 Å². The van der Waals surface area contributed by atoms with Gasteiger partial charge >= 0.3 is 6.09 Å². The van der Waals surface area contributed by atoms with E-state index in [9.17, 15) is 19.5 Å². The first-order chi connectivity index (χ1) is 31.8. The Kier molecular flexibility index (Phi) is 13.3. The van der Waals surface area contributed by atoms with Crippen molar-refractivity contribution in [2.75, 3.05) is 5.75 Å². The van der Waals surface area contributed by atoms with E-state index in [0.29, 0.717) is 16.7 Å². The Morgan fingerprint density at radius 1 is 0.738 bits per heavy atom. The molecule has 0 bridgehead atoms. The third-order valence-electron chi connectivity index (χ3n) is 11.7. The standard InChI is InChI=1S/C53H47N3O8S/c1-34-45(33-65-53-55-47(38-16-7-3-8-17-38)49(64-53)39-18-9-4-10-19-39)62-51(63-48(34)40-25-23-35(31-57)24-26-40)43-22-12-21-42(28-43)41-20-11-15-37(27-41)30-56-46(58)29-44(50(56)59)54-52(60)61-32-36-13-5-2-6-14-36/h2-28,34,44-45,48,51,57H,29-33H2,1H3,(H,54,60). The van der Waals surface area contributed by atoms with E-state index in [-0.39, 0.29) is 50.2 Å². The van der Waals surface area contributed by atoms with Gasteiger partial charge in [0, 0.05) is 28.4 Å². The third kappa shape index (κ3) is 10.1. The number of nitrogens with zero attached hydrogens (tertiary/aromatic N) is 2. The van der Waals surface area contributed by atoms with Crippen LogP contribution < -0.4 is 5.32 Å². The van der Waals surface area contributed by atoms with Crippen LogP contribution >= 0.6 is 11.8 Å². The molecule has 6 aromatic carbocycles. The van der Waals surface area contributed by atoms with Gasteiger partial charge in [-0.2, -0.15) is 0 Å². The molecule has 11 nitrogen and oxygen atoms in total. The Hall–Kier alpha value is -6.83. The number of hydrogen-bond acceptors (Lipinski definition) is 10. The van der Waals surface area contributed by atoms with E-state index < -0.39 is 24.3 Å². The number of thioether (sulfide) groups is 1. The van der Waals surface area contributed by atoms with Crippen LogP contribution in [0.4, 0.5) is 4.79 Å². The monoisotopic (exact) mass is 885 g/mol. The lowest BCUT2D eigenvalue weighted by Gasteiger charge is -2.41. The molecule has 1 aromatic heterocycles. The number of amides is 3. The fourth-order valence-corrected chi connectivity index (χ4v) is 9.16. The van der Waals surface area contributed by atoms with Gasteiger partial charge in [-0.15, -0.1) is 0 Å². The van der Waals surface area contributed by atoms with Crippen LogP contribution in [0.25, 0.3) is 33.7 Å². The highest BCUT2D eigenvalue weighted by Crippen LogP contribution is 2.44. The number of benzene rings is 6. The van der Waals surface area contributed by atoms with Gasteiger partial charge in [-0.25, -0.2) is 9.78 Å². The maximum Gasteiger partial charge on any atom is 0.408 e. The predicted octanol–water partition coefficient (Wildman–Crippen LogP) is 10.3. The van der Waals surface area contributed by atoms with Crippen molar-refractivity contribution in [3.8, 4) is 33.7 Å². The minimum absolute atomic E-state index is 0.0484. The van der Waals surface area contributed by atoms with E-state index in [0.717, 1.165) is 55.8 Å². The fraction of sp³-hybridized carbons (Fsp3) is 0.208. The average molecular weight is 886 g/mol. The number of aliphatic hydroxyl groups is 1. The van der Waals surface area contributed by atoms with Crippen LogP contribution in [0, 0.1) is 5.92 Å². The van der Waals surface area contributed by atoms with Crippen LogP contribution in [0.1, 0.15) is 53.6 Å². The number of nitrogens with one attached hydrogen (secondary N) is 1. The van der Waals surface area contributed by atoms with E-state index in [1.165, 1.54) is 16.7 Å². The lowest BCUT2D eigenvalue weighted by molar-refractivity contribution is -0.268. The van der Waals surface area contributed by atoms with E-state index in [2.05, 4.69) is 12.2 Å². The summed E-state index contributed by atoms with van der Waals surface area (Å²) in [6.45, 7) is 2.17. The summed E-state index contributed by atoms with van der Waals surface area (Å²) in [5.74, 6) is 0.319. The molecule has 65 heavy (non-hydrogen) atoms. The maximum atomic E-state index is 13.4. The van der Waals surface area contributed by atoms with Crippen molar-refractivity contribution in [2.45, 2.75) is 62.9 Å². The highest BCUT2D eigenvalue weighted by molar-refractivity contribution is 7.99. The van der Waals surface area contributed by atoms with Crippen LogP contribution in [0.3, 0.4) is 0 Å². The summed E-state index contributed by atoms with van der Waals surface area (Å²) in [6.07, 6.45) is -2.24. The third-order valence-corrected chi connectivity index (χ3v) is 12.6. The highest BCUT2D eigenvalue weighted by atomic mass is 32.2. The Morgan fingerprint density at radius 2 is 1.38 bits per heavy atom. The molecule has 5 atom stereocenters. The van der Waals surface area contributed by atoms with Gasteiger partial charge in [-0.05, 0) is 45.5 Å². The van der Waals surface area contributed by atoms with Gasteiger partial charge in [0.25, 0.3) is 11.1 Å². The lowest BCUT2D eigenvalue weighted by Crippen LogP contribution is -2.41. The zero-order chi connectivity index (χ0) is 44.7. The summed E-state index contributed by atoms with van der Waals surface area (Å²) >= 11 is 1.50. The molecular weight excluding hydrogens is 839 g/mol. The fourth-order valence-electron chi connectivity index (χ4n) is 8.17. The van der Waals surface area contributed by atoms with Gasteiger partial charge in [0.2, 0.25) is 5.91 Å². The Balaban J connectivity index is 0.919. The van der Waals surface area contributed by atoms with E-state index in [4.69, 9.17) is 23.6 Å². The first-order valence-corrected chi connectivity index (χ1v) is 22.5. The van der Waals surface area contributed by atoms with Crippen LogP contribution in [0.5, 0.6) is 0 Å². The second-order valence-corrected chi connectivity index (χ2v) is 17.1. The zero-order valence-electron chi connectivity index (χ0n) is 35.6. The summed E-state index contributed by atoms with van der Waals surface area (Å²) in [7, 11) is 0. The number of oxazole rings is 1. The second kappa shape index (κ2) is 19.9. The van der Waals surface area contributed by atoms with Crippen molar-refractivity contribution >= 4 is 29.7 Å². The quantitative estimate of drug-likeness (QED) is 0.0801. The minimum atomic E-state index is -1.00. The summed E-state index contributed by atoms with van der Waals surface area (Å²) in [6, 6.07) is 51.7. The molecule has 12 heteroatoms. The normalized spacial score (nSPS) is 19.6. The van der Waals surface area contributed by atoms with Crippen molar-refractivity contribution in [3.63, 3.8) is 0 Å². The Labute approximate surface area is 381 Å². The molecule has 0 aliphatic carbocycles. The molecule has 0 saturated carbocycles. The average Bonchev–Trinajstić information content (AvgIpc) is 3.90. The van der Waals surface area contributed by atoms with Crippen molar-refractivity contribution < 1.29 is 38.1 Å². The van der Waals surface area contributed by atoms with Crippen molar-refractivity contribution in [1.29, 1.82) is 0 Å². The molecular formula is C53H47N3O8S. The zero-order valence-corrected chi connectivity index (χ0v) is 36.4. The number of carbonyl (C=O) groups excluding carboxylic acids is 3. The smallest absolute Gasteiger partial charge is 0.408 e. The molecule has 2 N–H and O–H groups in total. The number of ether oxygens (including phenoxy) is 3. The topological polar surface area (TPSA) is 140 Å². The van der Waals surface area contributed by atoms with Gasteiger partial charge in [-0.1, -0.05) is 170 Å². The SMILES string of the molecule is CC1C(CSc2nc(-c3ccccc3)c(-c3ccccc3)o2)OC(c2cccc(-c3cccc(CN4C(=O)CC(NC(=O)OCc5ccccc5)C4=O)c3)c2)OC1c1ccc(CO)cc1. The molecule has 3 amide bonds. The van der Waals surface area contributed by atoms with E-state index >= 15 is 0 Å². The number of imide groups is 1. The van der Waals surface area contributed by atoms with Gasteiger partial charge in [0.1, 0.15) is 18.3 Å². The predicted molar refractivity (Wildman–Crippen MR) is 247 cm³/mol. The van der Waals surface area contributed by atoms with Crippen molar-refractivity contribution in [1.82, 2.24) is 15.2 Å². The van der Waals surface area contributed by atoms with Crippen molar-refractivity contribution in [3.05, 3.63) is 192 Å². The summed E-state index contributed by atoms with van der Waals surface area (Å²) in [4.78, 5) is 45.1. The first-order valence-electron chi connectivity index (χ1n) is 21.6. The summed E-state index contributed by atoms with van der Waals surface area (Å²) < 4.78 is 25.4. The van der Waals surface area contributed by atoms with E-state index in [1.807, 2.05) is 164 Å². The number of likely N-dealkylation sites (tertiary alicyclic amines) is 1. The molecule has 2 aliphatic heterocycles. The number of alkyl carbamates (subject to hydrolysis) is 1. The maximum absolute atomic E-state index is 13.4. The van der Waals surface area contributed by atoms with Crippen molar-refractivity contribution in [2.24, 2.45) is 5.92 Å². The number of hydrogen-bond donors (Lipinski definition) is 2. The molecule has 9 rings (SSSR count). The largest absolute Gasteiger partial charge is 0.445 e. The summed E-state index contributed by atoms with van der Waals surface area (Å²) in [5.41, 5.74) is 8.62. The van der Waals surface area contributed by atoms with E-state index in [1.54, 1.807) is 0 Å². The molecule has 3 heterocycles. The number of carbonyl (C=O) groups is 3. The Morgan fingerprint density at radius 3 is 2.11 bits per heavy atom. The number of aromatic nitrogens is 1. The lowest BCUT2D eigenvalue weighted by atomic mass is 9.91. The molecule has 0 spiro atoms. The molecule has 0 radical (unpaired) electrons. The molecule has 2 saturated heterocycles. The van der Waals surface area contributed by atoms with Crippen LogP contribution in [0.2, 0.25) is 0 Å². The Bertz CT molecular complexity index is 2690. The van der Waals surface area contributed by atoms with Gasteiger partial charge in [-0.3, -0.25) is 14.5 Å². The number of aliphatic hydroxyl groups excluding tert-OH is 1. The summed E-state index contributed by atoms with van der Waals surface area (Å²) in [5, 5.41) is 12.9.